The van der Waals surface area contributed by atoms with Crippen LogP contribution in [0, 0.1) is 18.6 Å². The zero-order valence-corrected chi connectivity index (χ0v) is 19.0. The van der Waals surface area contributed by atoms with Crippen molar-refractivity contribution in [3.8, 4) is 0 Å². The fraction of sp³-hybridized carbons (Fsp3) is 0.259. The number of hydrogen-bond donors (Lipinski definition) is 0. The van der Waals surface area contributed by atoms with Crippen LogP contribution in [0.15, 0.2) is 66.7 Å². The summed E-state index contributed by atoms with van der Waals surface area (Å²) in [4.78, 5) is 29.3. The van der Waals surface area contributed by atoms with Gasteiger partial charge in [0.25, 0.3) is 5.91 Å². The third-order valence-electron chi connectivity index (χ3n) is 5.81. The van der Waals surface area contributed by atoms with Gasteiger partial charge in [0, 0.05) is 24.8 Å². The minimum absolute atomic E-state index is 0.0126. The summed E-state index contributed by atoms with van der Waals surface area (Å²) >= 11 is 0. The van der Waals surface area contributed by atoms with Crippen LogP contribution in [0.2, 0.25) is 0 Å². The maximum atomic E-state index is 14.5. The van der Waals surface area contributed by atoms with E-state index >= 15 is 0 Å². The zero-order chi connectivity index (χ0) is 24.1. The topological polar surface area (TPSA) is 49.9 Å². The van der Waals surface area contributed by atoms with Crippen LogP contribution in [0.1, 0.15) is 27.0 Å². The maximum Gasteiger partial charge on any atom is 0.261 e. The molecule has 0 aliphatic carbocycles. The van der Waals surface area contributed by atoms with Crippen molar-refractivity contribution in [3.63, 3.8) is 0 Å². The molecule has 176 valence electrons. The first-order valence-electron chi connectivity index (χ1n) is 11.2. The number of morpholine rings is 1. The lowest BCUT2D eigenvalue weighted by Gasteiger charge is -2.27. The average Bonchev–Trinajstić information content (AvgIpc) is 2.84. The Hall–Kier alpha value is -3.58. The van der Waals surface area contributed by atoms with Crippen LogP contribution in [0.25, 0.3) is 0 Å². The van der Waals surface area contributed by atoms with Gasteiger partial charge in [0.05, 0.1) is 31.7 Å². The summed E-state index contributed by atoms with van der Waals surface area (Å²) in [6.45, 7) is 4.31. The first kappa shape index (κ1) is 23.6. The van der Waals surface area contributed by atoms with Gasteiger partial charge in [0.15, 0.2) is 0 Å². The number of ether oxygens (including phenoxy) is 1. The number of carbonyl (C=O) groups excluding carboxylic acids is 2. The van der Waals surface area contributed by atoms with Crippen LogP contribution in [-0.2, 0) is 22.5 Å². The summed E-state index contributed by atoms with van der Waals surface area (Å²) in [5, 5.41) is 0. The van der Waals surface area contributed by atoms with Crippen LogP contribution in [0.5, 0.6) is 0 Å². The van der Waals surface area contributed by atoms with Crippen molar-refractivity contribution in [1.82, 2.24) is 4.90 Å². The Balaban J connectivity index is 1.63. The van der Waals surface area contributed by atoms with Gasteiger partial charge in [-0.25, -0.2) is 8.78 Å². The van der Waals surface area contributed by atoms with Crippen molar-refractivity contribution in [3.05, 3.63) is 101 Å². The van der Waals surface area contributed by atoms with Gasteiger partial charge in [0.2, 0.25) is 5.91 Å². The van der Waals surface area contributed by atoms with E-state index in [0.29, 0.717) is 38.1 Å². The molecule has 0 saturated carbocycles. The van der Waals surface area contributed by atoms with E-state index in [-0.39, 0.29) is 24.4 Å². The SMILES string of the molecule is Cc1ccc(CN(C(=O)c2ccc(F)cc2F)c2cccc(CC(=O)N3CCOCC3)c2)cc1. The van der Waals surface area contributed by atoms with Gasteiger partial charge < -0.3 is 14.5 Å². The lowest BCUT2D eigenvalue weighted by atomic mass is 10.1. The molecule has 34 heavy (non-hydrogen) atoms. The quantitative estimate of drug-likeness (QED) is 0.539. The zero-order valence-electron chi connectivity index (χ0n) is 19.0. The van der Waals surface area contributed by atoms with Gasteiger partial charge in [-0.1, -0.05) is 42.0 Å². The van der Waals surface area contributed by atoms with Gasteiger partial charge in [-0.2, -0.15) is 0 Å². The van der Waals surface area contributed by atoms with Crippen LogP contribution in [0.4, 0.5) is 14.5 Å². The Labute approximate surface area is 197 Å². The number of amides is 2. The van der Waals surface area contributed by atoms with E-state index in [2.05, 4.69) is 0 Å². The molecule has 1 aliphatic rings. The number of anilines is 1. The van der Waals surface area contributed by atoms with Gasteiger partial charge in [0.1, 0.15) is 11.6 Å². The van der Waals surface area contributed by atoms with E-state index in [0.717, 1.165) is 28.8 Å². The minimum Gasteiger partial charge on any atom is -0.378 e. The normalized spacial score (nSPS) is 13.6. The number of aryl methyl sites for hydroxylation is 1. The Bertz CT molecular complexity index is 1170. The molecule has 0 radical (unpaired) electrons. The molecule has 3 aromatic carbocycles. The molecule has 0 N–H and O–H groups in total. The molecular formula is C27H26F2N2O3. The highest BCUT2D eigenvalue weighted by Crippen LogP contribution is 2.24. The molecule has 1 aliphatic heterocycles. The minimum atomic E-state index is -0.919. The highest BCUT2D eigenvalue weighted by atomic mass is 19.1. The fourth-order valence-electron chi connectivity index (χ4n) is 3.90. The van der Waals surface area contributed by atoms with Gasteiger partial charge >= 0.3 is 0 Å². The third-order valence-corrected chi connectivity index (χ3v) is 5.81. The molecule has 0 atom stereocenters. The van der Waals surface area contributed by atoms with Gasteiger partial charge in [-0.05, 0) is 42.3 Å². The first-order valence-corrected chi connectivity index (χ1v) is 11.2. The predicted octanol–water partition coefficient (Wildman–Crippen LogP) is 4.52. The van der Waals surface area contributed by atoms with E-state index in [1.165, 1.54) is 4.90 Å². The Morgan fingerprint density at radius 3 is 2.38 bits per heavy atom. The van der Waals surface area contributed by atoms with Crippen molar-refractivity contribution < 1.29 is 23.1 Å². The Morgan fingerprint density at radius 1 is 0.941 bits per heavy atom. The second kappa shape index (κ2) is 10.6. The highest BCUT2D eigenvalue weighted by Gasteiger charge is 2.23. The molecule has 3 aromatic rings. The van der Waals surface area contributed by atoms with Gasteiger partial charge in [-0.15, -0.1) is 0 Å². The number of halogens is 2. The van der Waals surface area contributed by atoms with E-state index in [4.69, 9.17) is 4.74 Å². The second-order valence-electron chi connectivity index (χ2n) is 8.34. The molecule has 0 aromatic heterocycles. The largest absolute Gasteiger partial charge is 0.378 e. The molecule has 1 saturated heterocycles. The van der Waals surface area contributed by atoms with Crippen molar-refractivity contribution in [2.75, 3.05) is 31.2 Å². The predicted molar refractivity (Wildman–Crippen MR) is 126 cm³/mol. The van der Waals surface area contributed by atoms with Crippen molar-refractivity contribution in [1.29, 1.82) is 0 Å². The molecule has 4 rings (SSSR count). The smallest absolute Gasteiger partial charge is 0.261 e. The summed E-state index contributed by atoms with van der Waals surface area (Å²) in [6, 6.07) is 17.7. The lowest BCUT2D eigenvalue weighted by molar-refractivity contribution is -0.134. The van der Waals surface area contributed by atoms with E-state index < -0.39 is 17.5 Å². The standard InChI is InChI=1S/C27H26F2N2O3/c1-19-5-7-20(8-6-19)18-31(27(33)24-10-9-22(28)17-25(24)29)23-4-2-3-21(15-23)16-26(32)30-11-13-34-14-12-30/h2-10,15,17H,11-14,16,18H2,1H3. The maximum absolute atomic E-state index is 14.5. The Kier molecular flexibility index (Phi) is 7.33. The van der Waals surface area contributed by atoms with Crippen LogP contribution in [-0.4, -0.2) is 43.0 Å². The molecule has 1 fully saturated rings. The molecule has 0 spiro atoms. The van der Waals surface area contributed by atoms with E-state index in [1.807, 2.05) is 37.3 Å². The summed E-state index contributed by atoms with van der Waals surface area (Å²) in [6.07, 6.45) is 0.186. The van der Waals surface area contributed by atoms with Crippen LogP contribution < -0.4 is 4.90 Å². The van der Waals surface area contributed by atoms with Crippen molar-refractivity contribution in [2.24, 2.45) is 0 Å². The molecule has 7 heteroatoms. The fourth-order valence-corrected chi connectivity index (χ4v) is 3.90. The number of benzene rings is 3. The number of nitrogens with zero attached hydrogens (tertiary/aromatic N) is 2. The number of carbonyl (C=O) groups is 2. The molecule has 0 unspecified atom stereocenters. The molecule has 1 heterocycles. The van der Waals surface area contributed by atoms with E-state index in [9.17, 15) is 18.4 Å². The first-order chi connectivity index (χ1) is 16.4. The van der Waals surface area contributed by atoms with Gasteiger partial charge in [-0.3, -0.25) is 9.59 Å². The highest BCUT2D eigenvalue weighted by molar-refractivity contribution is 6.06. The molecule has 2 amide bonds. The monoisotopic (exact) mass is 464 g/mol. The summed E-state index contributed by atoms with van der Waals surface area (Å²) in [5.41, 5.74) is 2.99. The van der Waals surface area contributed by atoms with Crippen molar-refractivity contribution >= 4 is 17.5 Å². The van der Waals surface area contributed by atoms with Crippen LogP contribution >= 0.6 is 0 Å². The average molecular weight is 465 g/mol. The van der Waals surface area contributed by atoms with Crippen molar-refractivity contribution in [2.45, 2.75) is 19.9 Å². The number of hydrogen-bond acceptors (Lipinski definition) is 3. The van der Waals surface area contributed by atoms with E-state index in [1.54, 1.807) is 23.1 Å². The third kappa shape index (κ3) is 5.66. The Morgan fingerprint density at radius 2 is 1.68 bits per heavy atom. The molecular weight excluding hydrogens is 438 g/mol. The lowest BCUT2D eigenvalue weighted by Crippen LogP contribution is -2.41. The summed E-state index contributed by atoms with van der Waals surface area (Å²) in [5.74, 6) is -2.27. The molecule has 0 bridgehead atoms. The summed E-state index contributed by atoms with van der Waals surface area (Å²) in [7, 11) is 0. The number of rotatable bonds is 6. The summed E-state index contributed by atoms with van der Waals surface area (Å²) < 4.78 is 33.2. The van der Waals surface area contributed by atoms with Crippen LogP contribution in [0.3, 0.4) is 0 Å². The second-order valence-corrected chi connectivity index (χ2v) is 8.34. The molecule has 5 nitrogen and oxygen atoms in total.